The van der Waals surface area contributed by atoms with Gasteiger partial charge in [0.15, 0.2) is 0 Å². The number of aromatic hydroxyl groups is 1. The molecule has 0 aliphatic rings. The van der Waals surface area contributed by atoms with Crippen LogP contribution in [0.2, 0.25) is 0 Å². The molecule has 3 heteroatoms. The van der Waals surface area contributed by atoms with Crippen LogP contribution in [0.4, 0.5) is 0 Å². The highest BCUT2D eigenvalue weighted by Gasteiger charge is 2.04. The summed E-state index contributed by atoms with van der Waals surface area (Å²) < 4.78 is 5.00. The summed E-state index contributed by atoms with van der Waals surface area (Å²) in [5.74, 6) is 0.297. The normalized spacial score (nSPS) is 12.6. The number of benzene rings is 1. The topological polar surface area (TPSA) is 45.4 Å². The van der Waals surface area contributed by atoms with Crippen LogP contribution in [0, 0.1) is 0 Å². The first-order valence-corrected chi connectivity index (χ1v) is 5.29. The van der Waals surface area contributed by atoms with Crippen molar-refractivity contribution in [2.75, 3.05) is 0 Å². The van der Waals surface area contributed by atoms with E-state index in [2.05, 4.69) is 12.2 Å². The van der Waals surface area contributed by atoms with Crippen LogP contribution < -0.4 is 5.32 Å². The van der Waals surface area contributed by atoms with E-state index in [-0.39, 0.29) is 6.04 Å². The minimum absolute atomic E-state index is 0.246. The quantitative estimate of drug-likeness (QED) is 0.827. The summed E-state index contributed by atoms with van der Waals surface area (Å²) in [7, 11) is 0. The maximum atomic E-state index is 9.19. The van der Waals surface area contributed by atoms with Crippen molar-refractivity contribution in [2.45, 2.75) is 19.5 Å². The second-order valence-corrected chi connectivity index (χ2v) is 3.83. The minimum Gasteiger partial charge on any atom is -0.508 e. The first-order chi connectivity index (χ1) is 7.75. The second-order valence-electron chi connectivity index (χ2n) is 3.83. The zero-order valence-electron chi connectivity index (χ0n) is 9.18. The van der Waals surface area contributed by atoms with Gasteiger partial charge in [0.05, 0.1) is 12.5 Å². The van der Waals surface area contributed by atoms with Gasteiger partial charge in [-0.1, -0.05) is 12.1 Å². The van der Waals surface area contributed by atoms with E-state index >= 15 is 0 Å². The van der Waals surface area contributed by atoms with Crippen LogP contribution in [0.15, 0.2) is 47.3 Å². The smallest absolute Gasteiger partial charge is 0.115 e. The van der Waals surface area contributed by atoms with E-state index < -0.39 is 0 Å². The molecule has 2 rings (SSSR count). The molecule has 16 heavy (non-hydrogen) atoms. The third-order valence-corrected chi connectivity index (χ3v) is 2.59. The van der Waals surface area contributed by atoms with Gasteiger partial charge in [-0.05, 0) is 30.7 Å². The number of phenolic OH excluding ortho intramolecular Hbond substituents is 1. The lowest BCUT2D eigenvalue weighted by Crippen LogP contribution is -2.17. The van der Waals surface area contributed by atoms with Crippen molar-refractivity contribution in [3.8, 4) is 5.75 Å². The Balaban J connectivity index is 1.93. The van der Waals surface area contributed by atoms with Crippen LogP contribution in [0.3, 0.4) is 0 Å². The Morgan fingerprint density at radius 3 is 2.62 bits per heavy atom. The predicted molar refractivity (Wildman–Crippen MR) is 62.1 cm³/mol. The summed E-state index contributed by atoms with van der Waals surface area (Å²) in [5, 5.41) is 12.6. The molecule has 0 fully saturated rings. The van der Waals surface area contributed by atoms with E-state index in [9.17, 15) is 5.11 Å². The van der Waals surface area contributed by atoms with Crippen LogP contribution in [-0.4, -0.2) is 5.11 Å². The van der Waals surface area contributed by atoms with Crippen molar-refractivity contribution in [3.63, 3.8) is 0 Å². The fraction of sp³-hybridized carbons (Fsp3) is 0.231. The Morgan fingerprint density at radius 1 is 1.25 bits per heavy atom. The highest BCUT2D eigenvalue weighted by atomic mass is 16.3. The van der Waals surface area contributed by atoms with Gasteiger partial charge in [-0.15, -0.1) is 0 Å². The Kier molecular flexibility index (Phi) is 3.27. The van der Waals surface area contributed by atoms with E-state index in [1.54, 1.807) is 24.7 Å². The summed E-state index contributed by atoms with van der Waals surface area (Å²) in [5.41, 5.74) is 2.28. The van der Waals surface area contributed by atoms with Crippen molar-refractivity contribution in [1.29, 1.82) is 0 Å². The molecule has 2 aromatic rings. The van der Waals surface area contributed by atoms with Crippen LogP contribution >= 0.6 is 0 Å². The van der Waals surface area contributed by atoms with Crippen LogP contribution in [-0.2, 0) is 6.54 Å². The summed E-state index contributed by atoms with van der Waals surface area (Å²) >= 11 is 0. The molecule has 84 valence electrons. The van der Waals surface area contributed by atoms with Crippen molar-refractivity contribution in [1.82, 2.24) is 5.32 Å². The number of hydrogen-bond donors (Lipinski definition) is 2. The lowest BCUT2D eigenvalue weighted by Gasteiger charge is -2.13. The van der Waals surface area contributed by atoms with E-state index in [0.29, 0.717) is 5.75 Å². The van der Waals surface area contributed by atoms with Gasteiger partial charge in [0.2, 0.25) is 0 Å². The number of nitrogens with one attached hydrogen (secondary N) is 1. The maximum Gasteiger partial charge on any atom is 0.115 e. The number of phenols is 1. The fourth-order valence-corrected chi connectivity index (χ4v) is 1.55. The third-order valence-electron chi connectivity index (χ3n) is 2.59. The van der Waals surface area contributed by atoms with Gasteiger partial charge in [0.1, 0.15) is 5.75 Å². The SMILES string of the molecule is CC(NCc1ccoc1)c1ccc(O)cc1. The van der Waals surface area contributed by atoms with Crippen molar-refractivity contribution in [2.24, 2.45) is 0 Å². The molecule has 0 spiro atoms. The molecule has 1 heterocycles. The minimum atomic E-state index is 0.246. The van der Waals surface area contributed by atoms with Gasteiger partial charge in [0.25, 0.3) is 0 Å². The Hall–Kier alpha value is -1.74. The molecule has 1 atom stereocenters. The molecule has 0 aliphatic heterocycles. The van der Waals surface area contributed by atoms with Crippen LogP contribution in [0.5, 0.6) is 5.75 Å². The Labute approximate surface area is 94.7 Å². The molecule has 0 bridgehead atoms. The third kappa shape index (κ3) is 2.64. The molecule has 1 unspecified atom stereocenters. The molecule has 0 saturated heterocycles. The molecule has 0 radical (unpaired) electrons. The standard InChI is InChI=1S/C13H15NO2/c1-10(12-2-4-13(15)5-3-12)14-8-11-6-7-16-9-11/h2-7,9-10,14-15H,8H2,1H3. The summed E-state index contributed by atoms with van der Waals surface area (Å²) in [6.45, 7) is 2.87. The summed E-state index contributed by atoms with van der Waals surface area (Å²) in [4.78, 5) is 0. The van der Waals surface area contributed by atoms with Crippen LogP contribution in [0.25, 0.3) is 0 Å². The molecular formula is C13H15NO2. The van der Waals surface area contributed by atoms with Crippen molar-refractivity contribution in [3.05, 3.63) is 54.0 Å². The van der Waals surface area contributed by atoms with Gasteiger partial charge in [-0.2, -0.15) is 0 Å². The number of hydrogen-bond acceptors (Lipinski definition) is 3. The largest absolute Gasteiger partial charge is 0.508 e. The monoisotopic (exact) mass is 217 g/mol. The highest BCUT2D eigenvalue weighted by Crippen LogP contribution is 2.16. The second kappa shape index (κ2) is 4.86. The van der Waals surface area contributed by atoms with E-state index in [0.717, 1.165) is 17.7 Å². The van der Waals surface area contributed by atoms with Crippen molar-refractivity contribution < 1.29 is 9.52 Å². The average Bonchev–Trinajstić information content (AvgIpc) is 2.80. The number of rotatable bonds is 4. The lowest BCUT2D eigenvalue weighted by molar-refractivity contribution is 0.474. The van der Waals surface area contributed by atoms with Crippen molar-refractivity contribution >= 4 is 0 Å². The lowest BCUT2D eigenvalue weighted by atomic mass is 10.1. The zero-order chi connectivity index (χ0) is 11.4. The first kappa shape index (κ1) is 10.8. The molecule has 2 N–H and O–H groups in total. The zero-order valence-corrected chi connectivity index (χ0v) is 9.18. The van der Waals surface area contributed by atoms with E-state index in [4.69, 9.17) is 4.42 Å². The van der Waals surface area contributed by atoms with Gasteiger partial charge >= 0.3 is 0 Å². The summed E-state index contributed by atoms with van der Waals surface area (Å²) in [6, 6.07) is 9.42. The molecule has 1 aromatic carbocycles. The molecular weight excluding hydrogens is 202 g/mol. The predicted octanol–water partition coefficient (Wildman–Crippen LogP) is 2.84. The highest BCUT2D eigenvalue weighted by molar-refractivity contribution is 5.27. The first-order valence-electron chi connectivity index (χ1n) is 5.29. The van der Waals surface area contributed by atoms with Gasteiger partial charge in [-0.3, -0.25) is 0 Å². The summed E-state index contributed by atoms with van der Waals surface area (Å²) in [6.07, 6.45) is 3.40. The number of furan rings is 1. The molecule has 0 aliphatic carbocycles. The molecule has 0 amide bonds. The average molecular weight is 217 g/mol. The Bertz CT molecular complexity index is 420. The van der Waals surface area contributed by atoms with Crippen LogP contribution in [0.1, 0.15) is 24.1 Å². The molecule has 3 nitrogen and oxygen atoms in total. The van der Waals surface area contributed by atoms with Gasteiger partial charge in [0, 0.05) is 18.2 Å². The molecule has 0 saturated carbocycles. The van der Waals surface area contributed by atoms with E-state index in [1.165, 1.54) is 0 Å². The maximum absolute atomic E-state index is 9.19. The van der Waals surface area contributed by atoms with Gasteiger partial charge in [-0.25, -0.2) is 0 Å². The Morgan fingerprint density at radius 2 is 2.00 bits per heavy atom. The fourth-order valence-electron chi connectivity index (χ4n) is 1.55. The van der Waals surface area contributed by atoms with Gasteiger partial charge < -0.3 is 14.8 Å². The van der Waals surface area contributed by atoms with E-state index in [1.807, 2.05) is 18.2 Å². The molecule has 1 aromatic heterocycles.